The van der Waals surface area contributed by atoms with Gasteiger partial charge in [-0.15, -0.1) is 0 Å². The molecule has 0 bridgehead atoms. The number of carbonyl (C=O) groups excluding carboxylic acids is 2. The Balaban J connectivity index is 2.12. The Kier molecular flexibility index (Phi) is 7.88. The third-order valence-electron chi connectivity index (χ3n) is 5.35. The Morgan fingerprint density at radius 3 is 2.37 bits per heavy atom. The molecule has 6 N–H and O–H groups in total. The predicted molar refractivity (Wildman–Crippen MR) is 125 cm³/mol. The van der Waals surface area contributed by atoms with E-state index in [1.807, 2.05) is 5.32 Å². The molecule has 1 fully saturated rings. The molecule has 19 heteroatoms. The van der Waals surface area contributed by atoms with Crippen LogP contribution >= 0.6 is 11.9 Å². The Labute approximate surface area is 220 Å². The molecule has 1 unspecified atom stereocenters. The molecule has 196 valence electrons. The van der Waals surface area contributed by atoms with E-state index in [-0.39, 0.29) is 26.5 Å². The third-order valence-corrected chi connectivity index (χ3v) is 6.64. The largest absolute Gasteiger partial charge is 0.416 e. The number of hydrogen-bond acceptors (Lipinski definition) is 11. The van der Waals surface area contributed by atoms with Crippen LogP contribution < -0.4 is 10.1 Å². The summed E-state index contributed by atoms with van der Waals surface area (Å²) in [4.78, 5) is 26.8. The van der Waals surface area contributed by atoms with E-state index >= 15 is 0 Å². The van der Waals surface area contributed by atoms with E-state index in [2.05, 4.69) is 16.3 Å². The molecule has 6 radical (unpaired) electrons. The first-order valence-corrected chi connectivity index (χ1v) is 10.9. The minimum atomic E-state index is -4.18. The summed E-state index contributed by atoms with van der Waals surface area (Å²) in [5.74, 6) is -12.7. The summed E-state index contributed by atoms with van der Waals surface area (Å²) >= 11 is 0.0493. The van der Waals surface area contributed by atoms with Crippen molar-refractivity contribution < 1.29 is 53.0 Å². The van der Waals surface area contributed by atoms with Crippen molar-refractivity contribution >= 4 is 58.1 Å². The quantitative estimate of drug-likeness (QED) is 0.0932. The van der Waals surface area contributed by atoms with E-state index in [9.17, 15) is 48.3 Å². The maximum Gasteiger partial charge on any atom is 0.388 e. The average Bonchev–Trinajstić information content (AvgIpc) is 2.80. The standard InChI is InChI=1S/C19H16B3F3N4O8S/c1-2-11(30)27-7-12(31)28-17(22,32)16(20,21)29(19(35,36)18(28,33)34)38-10-4-3-9(23)13-8(10)5-6-26-14(13)37-15(24)25/h2-6,15,32-36H,1,7H2,(H,27,30). The maximum atomic E-state index is 14.5. The van der Waals surface area contributed by atoms with Crippen LogP contribution in [-0.4, -0.2) is 111 Å². The lowest BCUT2D eigenvalue weighted by Gasteiger charge is -2.65. The lowest BCUT2D eigenvalue weighted by molar-refractivity contribution is -0.478. The zero-order valence-corrected chi connectivity index (χ0v) is 19.8. The molecular weight excluding hydrogens is 534 g/mol. The summed E-state index contributed by atoms with van der Waals surface area (Å²) in [5.41, 5.74) is -3.52. The minimum Gasteiger partial charge on any atom is -0.416 e. The molecule has 0 spiro atoms. The number of benzene rings is 1. The van der Waals surface area contributed by atoms with Gasteiger partial charge in [0, 0.05) is 16.5 Å². The first kappa shape index (κ1) is 29.8. The number of ether oxygens (including phenoxy) is 1. The number of amides is 2. The van der Waals surface area contributed by atoms with Crippen molar-refractivity contribution in [2.45, 2.75) is 34.3 Å². The minimum absolute atomic E-state index is 0.0349. The summed E-state index contributed by atoms with van der Waals surface area (Å²) in [6, 6.07) is 2.83. The van der Waals surface area contributed by atoms with Crippen molar-refractivity contribution in [2.24, 2.45) is 0 Å². The second kappa shape index (κ2) is 10.1. The van der Waals surface area contributed by atoms with E-state index in [1.165, 1.54) is 0 Å². The number of hydrogen-bond donors (Lipinski definition) is 6. The normalized spacial score (nSPS) is 22.3. The van der Waals surface area contributed by atoms with Crippen LogP contribution in [0.4, 0.5) is 13.2 Å². The van der Waals surface area contributed by atoms with E-state index in [4.69, 9.17) is 23.5 Å². The summed E-state index contributed by atoms with van der Waals surface area (Å²) in [6.45, 7) is -1.32. The lowest BCUT2D eigenvalue weighted by Crippen LogP contribution is -2.90. The average molecular weight is 550 g/mol. The van der Waals surface area contributed by atoms with E-state index in [1.54, 1.807) is 0 Å². The number of alkyl halides is 2. The summed E-state index contributed by atoms with van der Waals surface area (Å²) in [6.07, 6.45) is 1.70. The number of nitrogens with zero attached hydrogens (tertiary/aromatic N) is 3. The number of carbonyl (C=O) groups is 2. The van der Waals surface area contributed by atoms with Crippen molar-refractivity contribution in [3.8, 4) is 5.88 Å². The van der Waals surface area contributed by atoms with Gasteiger partial charge in [-0.05, 0) is 41.6 Å². The fraction of sp³-hybridized carbons (Fsp3) is 0.316. The first-order valence-electron chi connectivity index (χ1n) is 10.1. The van der Waals surface area contributed by atoms with E-state index in [0.717, 1.165) is 30.5 Å². The topological polar surface area (TPSA) is 176 Å². The number of halogens is 3. The SMILES string of the molecule is [B]C1([B])N(Sc2ccc(F)c3c(OC(F)F)nccc23)C(O)(O)C(O)(O)N(C(=O)CNC(=O)C=C)C1([B])O. The molecule has 1 aliphatic heterocycles. The van der Waals surface area contributed by atoms with Gasteiger partial charge in [-0.2, -0.15) is 13.1 Å². The number of aliphatic hydroxyl groups is 5. The highest BCUT2D eigenvalue weighted by atomic mass is 32.2. The molecule has 38 heavy (non-hydrogen) atoms. The van der Waals surface area contributed by atoms with Crippen LogP contribution in [0.5, 0.6) is 5.88 Å². The van der Waals surface area contributed by atoms with Crippen LogP contribution in [0.3, 0.4) is 0 Å². The Morgan fingerprint density at radius 2 is 1.79 bits per heavy atom. The van der Waals surface area contributed by atoms with Crippen LogP contribution in [0, 0.1) is 5.82 Å². The predicted octanol–water partition coefficient (Wildman–Crippen LogP) is -2.49. The van der Waals surface area contributed by atoms with Crippen LogP contribution in [0.25, 0.3) is 10.8 Å². The van der Waals surface area contributed by atoms with Gasteiger partial charge >= 0.3 is 18.4 Å². The van der Waals surface area contributed by atoms with Crippen LogP contribution in [-0.2, 0) is 9.59 Å². The number of fused-ring (bicyclic) bond motifs is 1. The molecule has 0 aliphatic carbocycles. The fourth-order valence-electron chi connectivity index (χ4n) is 3.48. The molecule has 12 nitrogen and oxygen atoms in total. The first-order chi connectivity index (χ1) is 17.4. The van der Waals surface area contributed by atoms with Crippen molar-refractivity contribution in [3.05, 3.63) is 42.9 Å². The highest BCUT2D eigenvalue weighted by Gasteiger charge is 2.72. The molecular formula is C19H16B3F3N4O8S. The highest BCUT2D eigenvalue weighted by Crippen LogP contribution is 2.49. The molecule has 1 aromatic carbocycles. The third kappa shape index (κ3) is 4.74. The van der Waals surface area contributed by atoms with Gasteiger partial charge in [-0.3, -0.25) is 14.5 Å². The highest BCUT2D eigenvalue weighted by molar-refractivity contribution is 7.97. The zero-order valence-electron chi connectivity index (χ0n) is 19.0. The lowest BCUT2D eigenvalue weighted by atomic mass is 9.48. The smallest absolute Gasteiger partial charge is 0.388 e. The Hall–Kier alpha value is -2.80. The number of rotatable bonds is 7. The van der Waals surface area contributed by atoms with Crippen LogP contribution in [0.2, 0.25) is 0 Å². The van der Waals surface area contributed by atoms with Gasteiger partial charge < -0.3 is 35.6 Å². The molecule has 1 aromatic heterocycles. The van der Waals surface area contributed by atoms with Crippen molar-refractivity contribution in [2.75, 3.05) is 6.54 Å². The second-order valence-electron chi connectivity index (χ2n) is 7.82. The van der Waals surface area contributed by atoms with Gasteiger partial charge in [0.1, 0.15) is 19.3 Å². The Bertz CT molecular complexity index is 1260. The van der Waals surface area contributed by atoms with Crippen LogP contribution in [0.15, 0.2) is 41.9 Å². The number of piperazine rings is 1. The molecule has 1 saturated heterocycles. The molecule has 1 atom stereocenters. The van der Waals surface area contributed by atoms with Crippen molar-refractivity contribution in [3.63, 3.8) is 0 Å². The van der Waals surface area contributed by atoms with E-state index < -0.39 is 69.7 Å². The van der Waals surface area contributed by atoms with E-state index in [0.29, 0.717) is 0 Å². The summed E-state index contributed by atoms with van der Waals surface area (Å²) < 4.78 is 44.3. The zero-order chi connectivity index (χ0) is 28.8. The van der Waals surface area contributed by atoms with Crippen molar-refractivity contribution in [1.82, 2.24) is 19.5 Å². The summed E-state index contributed by atoms with van der Waals surface area (Å²) in [7, 11) is 17.5. The molecule has 2 heterocycles. The number of nitrogens with one attached hydrogen (secondary N) is 1. The molecule has 1 aliphatic rings. The molecule has 2 amide bonds. The number of pyridine rings is 1. The van der Waals surface area contributed by atoms with Gasteiger partial charge in [-0.25, -0.2) is 9.37 Å². The Morgan fingerprint density at radius 1 is 1.16 bits per heavy atom. The molecule has 0 saturated carbocycles. The number of aromatic nitrogens is 1. The van der Waals surface area contributed by atoms with Gasteiger partial charge in [0.2, 0.25) is 17.7 Å². The molecule has 2 aromatic rings. The maximum absolute atomic E-state index is 14.5. The summed E-state index contributed by atoms with van der Waals surface area (Å²) in [5, 5.41) is 51.6. The molecule has 3 rings (SSSR count). The van der Waals surface area contributed by atoms with Crippen molar-refractivity contribution in [1.29, 1.82) is 0 Å². The van der Waals surface area contributed by atoms with Gasteiger partial charge in [0.25, 0.3) is 0 Å². The van der Waals surface area contributed by atoms with Gasteiger partial charge in [0.15, 0.2) is 0 Å². The second-order valence-corrected chi connectivity index (χ2v) is 8.81. The fourth-order valence-corrected chi connectivity index (χ4v) is 4.61. The monoisotopic (exact) mass is 550 g/mol. The van der Waals surface area contributed by atoms with Gasteiger partial charge in [-0.1, -0.05) is 6.58 Å². The van der Waals surface area contributed by atoms with Gasteiger partial charge in [0.05, 0.1) is 27.6 Å². The van der Waals surface area contributed by atoms with Crippen LogP contribution in [0.1, 0.15) is 0 Å².